The van der Waals surface area contributed by atoms with Crippen molar-refractivity contribution in [2.45, 2.75) is 50.8 Å². The number of hydrogen-bond donors (Lipinski definition) is 0. The lowest BCUT2D eigenvalue weighted by Crippen LogP contribution is -2.39. The van der Waals surface area contributed by atoms with Crippen LogP contribution in [0.5, 0.6) is 0 Å². The number of rotatable bonds is 7. The van der Waals surface area contributed by atoms with Crippen molar-refractivity contribution in [1.29, 1.82) is 5.26 Å². The molecule has 33 heavy (non-hydrogen) atoms. The molecule has 2 aromatic heterocycles. The number of aromatic nitrogens is 1. The minimum Gasteiger partial charge on any atom is -0.464 e. The first-order chi connectivity index (χ1) is 16.0. The summed E-state index contributed by atoms with van der Waals surface area (Å²) >= 11 is 1.64. The molecule has 7 heteroatoms. The molecule has 0 spiro atoms. The van der Waals surface area contributed by atoms with Gasteiger partial charge in [0.15, 0.2) is 0 Å². The smallest absolute Gasteiger partial charge is 0.135 e. The quantitative estimate of drug-likeness (QED) is 0.518. The summed E-state index contributed by atoms with van der Waals surface area (Å²) in [7, 11) is 0. The Morgan fingerprint density at radius 1 is 1.30 bits per heavy atom. The Morgan fingerprint density at radius 3 is 2.79 bits per heavy atom. The lowest BCUT2D eigenvalue weighted by Gasteiger charge is -2.36. The number of nitrogens with zero attached hydrogens (tertiary/aromatic N) is 3. The van der Waals surface area contributed by atoms with Crippen LogP contribution in [0.15, 0.2) is 28.4 Å². The van der Waals surface area contributed by atoms with E-state index in [2.05, 4.69) is 37.5 Å². The van der Waals surface area contributed by atoms with E-state index in [-0.39, 0.29) is 5.60 Å². The molecule has 4 heterocycles. The maximum absolute atomic E-state index is 10.1. The number of allylic oxidation sites excluding steroid dienone is 1. The van der Waals surface area contributed by atoms with Gasteiger partial charge in [0.05, 0.1) is 37.2 Å². The molecule has 6 nitrogen and oxygen atoms in total. The highest BCUT2D eigenvalue weighted by Crippen LogP contribution is 2.39. The molecule has 0 amide bonds. The topological polar surface area (TPSA) is 71.5 Å². The third-order valence-electron chi connectivity index (χ3n) is 6.06. The first-order valence-electron chi connectivity index (χ1n) is 11.4. The van der Waals surface area contributed by atoms with Gasteiger partial charge in [0, 0.05) is 36.4 Å². The molecule has 2 aliphatic rings. The number of pyridine rings is 1. The summed E-state index contributed by atoms with van der Waals surface area (Å²) in [5.74, 6) is 2.52. The maximum Gasteiger partial charge on any atom is 0.135 e. The summed E-state index contributed by atoms with van der Waals surface area (Å²) in [5.41, 5.74) is 4.73. The van der Waals surface area contributed by atoms with Crippen molar-refractivity contribution in [3.05, 3.63) is 52.5 Å². The van der Waals surface area contributed by atoms with Gasteiger partial charge in [-0.1, -0.05) is 18.7 Å². The molecule has 0 aliphatic carbocycles. The van der Waals surface area contributed by atoms with Crippen LogP contribution in [0.4, 0.5) is 5.82 Å². The third kappa shape index (κ3) is 5.03. The molecule has 0 aromatic carbocycles. The molecule has 0 radical (unpaired) electrons. The lowest BCUT2D eigenvalue weighted by molar-refractivity contribution is -0.0402. The van der Waals surface area contributed by atoms with Crippen molar-refractivity contribution in [1.82, 2.24) is 4.98 Å². The summed E-state index contributed by atoms with van der Waals surface area (Å²) in [5, 5.41) is 10.9. The van der Waals surface area contributed by atoms with Gasteiger partial charge in [-0.3, -0.25) is 0 Å². The molecule has 1 fully saturated rings. The highest BCUT2D eigenvalue weighted by Gasteiger charge is 2.33. The van der Waals surface area contributed by atoms with Crippen LogP contribution in [-0.4, -0.2) is 42.6 Å². The normalized spacial score (nSPS) is 17.7. The van der Waals surface area contributed by atoms with E-state index in [1.807, 2.05) is 13.0 Å². The average molecular weight is 466 g/mol. The van der Waals surface area contributed by atoms with Gasteiger partial charge in [0.25, 0.3) is 0 Å². The predicted molar refractivity (Wildman–Crippen MR) is 132 cm³/mol. The van der Waals surface area contributed by atoms with Gasteiger partial charge >= 0.3 is 0 Å². The minimum absolute atomic E-state index is 0.302. The molecule has 0 bridgehead atoms. The van der Waals surface area contributed by atoms with E-state index in [1.165, 1.54) is 0 Å². The zero-order valence-corrected chi connectivity index (χ0v) is 20.5. The molecular weight excluding hydrogens is 434 g/mol. The SMILES string of the molecule is C=Cc1occ(CCSc2nc(N3CCOCC3)c3c(c2C#N)CC(C)(C)OC3)c1/C=C\C. The van der Waals surface area contributed by atoms with Crippen molar-refractivity contribution < 1.29 is 13.9 Å². The Hall–Kier alpha value is -2.53. The van der Waals surface area contributed by atoms with E-state index in [4.69, 9.17) is 18.9 Å². The van der Waals surface area contributed by atoms with Crippen molar-refractivity contribution in [2.24, 2.45) is 0 Å². The molecule has 2 aromatic rings. The maximum atomic E-state index is 10.1. The van der Waals surface area contributed by atoms with Crippen molar-refractivity contribution in [2.75, 3.05) is 37.0 Å². The van der Waals surface area contributed by atoms with Crippen molar-refractivity contribution in [3.8, 4) is 6.07 Å². The van der Waals surface area contributed by atoms with E-state index >= 15 is 0 Å². The van der Waals surface area contributed by atoms with Crippen molar-refractivity contribution in [3.63, 3.8) is 0 Å². The first kappa shape index (κ1) is 23.6. The molecule has 2 aliphatic heterocycles. The van der Waals surface area contributed by atoms with Gasteiger partial charge in [-0.15, -0.1) is 11.8 Å². The van der Waals surface area contributed by atoms with Gasteiger partial charge in [-0.25, -0.2) is 4.98 Å². The number of hydrogen-bond acceptors (Lipinski definition) is 7. The standard InChI is InChI=1S/C26H31N3O3S/c1-5-7-19-18(16-31-23(19)6-2)8-13-33-25-21(15-27)20-14-26(3,4)32-17-22(20)24(28-25)29-9-11-30-12-10-29/h5-7,16H,2,8-14,17H2,1,3-4H3/b7-5-. The van der Waals surface area contributed by atoms with Gasteiger partial charge < -0.3 is 18.8 Å². The van der Waals surface area contributed by atoms with Gasteiger partial charge in [0.1, 0.15) is 22.7 Å². The second kappa shape index (κ2) is 10.2. The van der Waals surface area contributed by atoms with Crippen LogP contribution in [0.25, 0.3) is 12.2 Å². The Bertz CT molecular complexity index is 1090. The van der Waals surface area contributed by atoms with Crippen molar-refractivity contribution >= 4 is 29.7 Å². The van der Waals surface area contributed by atoms with Crippen LogP contribution in [0.2, 0.25) is 0 Å². The second-order valence-electron chi connectivity index (χ2n) is 8.85. The molecule has 0 atom stereocenters. The molecule has 174 valence electrons. The molecule has 0 N–H and O–H groups in total. The first-order valence-corrected chi connectivity index (χ1v) is 12.4. The van der Waals surface area contributed by atoms with Gasteiger partial charge in [-0.2, -0.15) is 5.26 Å². The highest BCUT2D eigenvalue weighted by atomic mass is 32.2. The van der Waals surface area contributed by atoms with Crippen LogP contribution < -0.4 is 4.90 Å². The molecule has 0 saturated carbocycles. The summed E-state index contributed by atoms with van der Waals surface area (Å²) < 4.78 is 17.3. The number of furan rings is 1. The van der Waals surface area contributed by atoms with Crippen LogP contribution in [0.1, 0.15) is 54.3 Å². The number of nitriles is 1. The van der Waals surface area contributed by atoms with Crippen LogP contribution in [0, 0.1) is 11.3 Å². The fraction of sp³-hybridized carbons (Fsp3) is 0.462. The van der Waals surface area contributed by atoms with Crippen LogP contribution >= 0.6 is 11.8 Å². The molecule has 1 saturated heterocycles. The number of ether oxygens (including phenoxy) is 2. The zero-order chi connectivity index (χ0) is 23.4. The van der Waals surface area contributed by atoms with E-state index in [0.29, 0.717) is 31.8 Å². The van der Waals surface area contributed by atoms with Crippen LogP contribution in [-0.2, 0) is 28.9 Å². The van der Waals surface area contributed by atoms with Crippen LogP contribution in [0.3, 0.4) is 0 Å². The Labute approximate surface area is 200 Å². The van der Waals surface area contributed by atoms with Gasteiger partial charge in [0.2, 0.25) is 0 Å². The Morgan fingerprint density at radius 2 is 2.09 bits per heavy atom. The molecular formula is C26H31N3O3S. The fourth-order valence-electron chi connectivity index (χ4n) is 4.37. The van der Waals surface area contributed by atoms with Gasteiger partial charge in [-0.05, 0) is 44.4 Å². The van der Waals surface area contributed by atoms with E-state index in [9.17, 15) is 5.26 Å². The van der Waals surface area contributed by atoms with E-state index in [1.54, 1.807) is 24.1 Å². The fourth-order valence-corrected chi connectivity index (χ4v) is 5.35. The minimum atomic E-state index is -0.302. The predicted octanol–water partition coefficient (Wildman–Crippen LogP) is 5.25. The number of anilines is 1. The summed E-state index contributed by atoms with van der Waals surface area (Å²) in [4.78, 5) is 7.29. The average Bonchev–Trinajstić information content (AvgIpc) is 3.20. The zero-order valence-electron chi connectivity index (χ0n) is 19.6. The lowest BCUT2D eigenvalue weighted by atomic mass is 9.89. The number of aryl methyl sites for hydroxylation is 1. The largest absolute Gasteiger partial charge is 0.464 e. The van der Waals surface area contributed by atoms with E-state index in [0.717, 1.165) is 64.1 Å². The molecule has 0 unspecified atom stereocenters. The van der Waals surface area contributed by atoms with E-state index < -0.39 is 0 Å². The highest BCUT2D eigenvalue weighted by molar-refractivity contribution is 7.99. The number of thioether (sulfide) groups is 1. The monoisotopic (exact) mass is 465 g/mol. The second-order valence-corrected chi connectivity index (χ2v) is 9.93. The summed E-state index contributed by atoms with van der Waals surface area (Å²) in [6, 6.07) is 2.46. The third-order valence-corrected chi connectivity index (χ3v) is 7.04. The summed E-state index contributed by atoms with van der Waals surface area (Å²) in [6.45, 7) is 13.4. The molecule has 4 rings (SSSR count). The summed E-state index contributed by atoms with van der Waals surface area (Å²) in [6.07, 6.45) is 9.12. The Kier molecular flexibility index (Phi) is 7.28. The Balaban J connectivity index is 1.64. The number of fused-ring (bicyclic) bond motifs is 1. The number of morpholine rings is 1.